The maximum absolute atomic E-state index is 9.15. The Kier molecular flexibility index (Phi) is 3.03. The molecule has 0 aromatic heterocycles. The summed E-state index contributed by atoms with van der Waals surface area (Å²) in [4.78, 5) is 0. The standard InChI is InChI=1S/C11H23NO/c1-10(2)6-4-9(5-7-10)11(3,12)8-13/h9,13H,4-8,12H2,1-3H3. The molecule has 0 amide bonds. The summed E-state index contributed by atoms with van der Waals surface area (Å²) in [5.41, 5.74) is 6.15. The van der Waals surface area contributed by atoms with Crippen LogP contribution in [-0.4, -0.2) is 17.3 Å². The van der Waals surface area contributed by atoms with Gasteiger partial charge in [-0.15, -0.1) is 0 Å². The summed E-state index contributed by atoms with van der Waals surface area (Å²) in [7, 11) is 0. The first kappa shape index (κ1) is 11.0. The van der Waals surface area contributed by atoms with E-state index >= 15 is 0 Å². The highest BCUT2D eigenvalue weighted by Gasteiger charge is 2.35. The summed E-state index contributed by atoms with van der Waals surface area (Å²) in [6.45, 7) is 6.71. The fourth-order valence-corrected chi connectivity index (χ4v) is 2.19. The van der Waals surface area contributed by atoms with Crippen LogP contribution < -0.4 is 5.73 Å². The van der Waals surface area contributed by atoms with Gasteiger partial charge in [-0.25, -0.2) is 0 Å². The third kappa shape index (κ3) is 2.68. The lowest BCUT2D eigenvalue weighted by Crippen LogP contribution is -2.49. The number of hydrogen-bond acceptors (Lipinski definition) is 2. The van der Waals surface area contributed by atoms with Crippen LogP contribution in [0.4, 0.5) is 0 Å². The highest BCUT2D eigenvalue weighted by atomic mass is 16.3. The predicted molar refractivity (Wildman–Crippen MR) is 55.4 cm³/mol. The van der Waals surface area contributed by atoms with Gasteiger partial charge in [-0.3, -0.25) is 0 Å². The lowest BCUT2D eigenvalue weighted by molar-refractivity contribution is 0.0918. The summed E-state index contributed by atoms with van der Waals surface area (Å²) < 4.78 is 0. The monoisotopic (exact) mass is 185 g/mol. The summed E-state index contributed by atoms with van der Waals surface area (Å²) >= 11 is 0. The maximum Gasteiger partial charge on any atom is 0.0611 e. The Morgan fingerprint density at radius 2 is 1.85 bits per heavy atom. The number of aliphatic hydroxyl groups is 1. The molecule has 2 nitrogen and oxygen atoms in total. The van der Waals surface area contributed by atoms with Gasteiger partial charge in [-0.2, -0.15) is 0 Å². The topological polar surface area (TPSA) is 46.2 Å². The minimum Gasteiger partial charge on any atom is -0.394 e. The van der Waals surface area contributed by atoms with E-state index in [0.717, 1.165) is 0 Å². The number of rotatable bonds is 2. The third-order valence-electron chi connectivity index (χ3n) is 3.61. The van der Waals surface area contributed by atoms with E-state index < -0.39 is 0 Å². The smallest absolute Gasteiger partial charge is 0.0611 e. The largest absolute Gasteiger partial charge is 0.394 e. The van der Waals surface area contributed by atoms with Gasteiger partial charge in [0.25, 0.3) is 0 Å². The quantitative estimate of drug-likeness (QED) is 0.690. The summed E-state index contributed by atoms with van der Waals surface area (Å²) in [6, 6.07) is 0. The van der Waals surface area contributed by atoms with Crippen molar-refractivity contribution in [3.8, 4) is 0 Å². The van der Waals surface area contributed by atoms with E-state index in [-0.39, 0.29) is 12.1 Å². The Morgan fingerprint density at radius 3 is 2.23 bits per heavy atom. The molecule has 1 aliphatic carbocycles. The molecular formula is C11H23NO. The van der Waals surface area contributed by atoms with Crippen molar-refractivity contribution in [1.82, 2.24) is 0 Å². The van der Waals surface area contributed by atoms with Crippen molar-refractivity contribution in [2.75, 3.05) is 6.61 Å². The van der Waals surface area contributed by atoms with Crippen molar-refractivity contribution in [1.29, 1.82) is 0 Å². The van der Waals surface area contributed by atoms with Crippen LogP contribution in [0.2, 0.25) is 0 Å². The first-order chi connectivity index (χ1) is 5.87. The number of hydrogen-bond donors (Lipinski definition) is 2. The molecular weight excluding hydrogens is 162 g/mol. The van der Waals surface area contributed by atoms with Crippen molar-refractivity contribution in [2.24, 2.45) is 17.1 Å². The molecule has 13 heavy (non-hydrogen) atoms. The molecule has 0 aliphatic heterocycles. The summed E-state index contributed by atoms with van der Waals surface area (Å²) in [6.07, 6.45) is 4.82. The fraction of sp³-hybridized carbons (Fsp3) is 1.00. The van der Waals surface area contributed by atoms with Gasteiger partial charge in [0.15, 0.2) is 0 Å². The van der Waals surface area contributed by atoms with Gasteiger partial charge < -0.3 is 10.8 Å². The van der Waals surface area contributed by atoms with Gasteiger partial charge in [0.2, 0.25) is 0 Å². The van der Waals surface area contributed by atoms with Gasteiger partial charge >= 0.3 is 0 Å². The minimum atomic E-state index is -0.365. The normalized spacial score (nSPS) is 28.4. The van der Waals surface area contributed by atoms with Crippen molar-refractivity contribution in [3.05, 3.63) is 0 Å². The molecule has 0 aromatic rings. The first-order valence-corrected chi connectivity index (χ1v) is 5.27. The third-order valence-corrected chi connectivity index (χ3v) is 3.61. The van der Waals surface area contributed by atoms with E-state index in [9.17, 15) is 0 Å². The van der Waals surface area contributed by atoms with Crippen molar-refractivity contribution >= 4 is 0 Å². The molecule has 0 heterocycles. The van der Waals surface area contributed by atoms with E-state index in [1.807, 2.05) is 6.92 Å². The molecule has 2 heteroatoms. The number of aliphatic hydroxyl groups excluding tert-OH is 1. The molecule has 0 radical (unpaired) electrons. The molecule has 0 bridgehead atoms. The fourth-order valence-electron chi connectivity index (χ4n) is 2.19. The Labute approximate surface area is 81.5 Å². The molecule has 1 aliphatic rings. The Bertz CT molecular complexity index is 165. The van der Waals surface area contributed by atoms with Crippen LogP contribution >= 0.6 is 0 Å². The van der Waals surface area contributed by atoms with Crippen molar-refractivity contribution < 1.29 is 5.11 Å². The highest BCUT2D eigenvalue weighted by Crippen LogP contribution is 2.41. The Morgan fingerprint density at radius 1 is 1.38 bits per heavy atom. The van der Waals surface area contributed by atoms with Crippen LogP contribution in [0.25, 0.3) is 0 Å². The van der Waals surface area contributed by atoms with Gasteiger partial charge in [0, 0.05) is 5.54 Å². The van der Waals surface area contributed by atoms with Gasteiger partial charge in [0.05, 0.1) is 6.61 Å². The lowest BCUT2D eigenvalue weighted by Gasteiger charge is -2.41. The van der Waals surface area contributed by atoms with E-state index in [1.165, 1.54) is 25.7 Å². The zero-order valence-electron chi connectivity index (χ0n) is 9.14. The second-order valence-electron chi connectivity index (χ2n) is 5.60. The van der Waals surface area contributed by atoms with E-state index in [0.29, 0.717) is 11.3 Å². The zero-order chi connectivity index (χ0) is 10.1. The molecule has 1 unspecified atom stereocenters. The van der Waals surface area contributed by atoms with Crippen LogP contribution in [0, 0.1) is 11.3 Å². The van der Waals surface area contributed by atoms with Crippen LogP contribution in [0.5, 0.6) is 0 Å². The van der Waals surface area contributed by atoms with Crippen molar-refractivity contribution in [3.63, 3.8) is 0 Å². The van der Waals surface area contributed by atoms with E-state index in [2.05, 4.69) is 13.8 Å². The van der Waals surface area contributed by atoms with Crippen LogP contribution in [-0.2, 0) is 0 Å². The number of nitrogens with two attached hydrogens (primary N) is 1. The molecule has 78 valence electrons. The molecule has 0 saturated heterocycles. The van der Waals surface area contributed by atoms with Crippen LogP contribution in [0.1, 0.15) is 46.5 Å². The van der Waals surface area contributed by atoms with Crippen molar-refractivity contribution in [2.45, 2.75) is 52.0 Å². The van der Waals surface area contributed by atoms with Crippen LogP contribution in [0.15, 0.2) is 0 Å². The second-order valence-corrected chi connectivity index (χ2v) is 5.60. The predicted octanol–water partition coefficient (Wildman–Crippen LogP) is 1.91. The molecule has 1 rings (SSSR count). The zero-order valence-corrected chi connectivity index (χ0v) is 9.14. The highest BCUT2D eigenvalue weighted by molar-refractivity contribution is 4.91. The second kappa shape index (κ2) is 3.58. The summed E-state index contributed by atoms with van der Waals surface area (Å²) in [5, 5.41) is 9.15. The Hall–Kier alpha value is -0.0800. The van der Waals surface area contributed by atoms with Crippen LogP contribution in [0.3, 0.4) is 0 Å². The van der Waals surface area contributed by atoms with Gasteiger partial charge in [-0.05, 0) is 43.9 Å². The molecule has 3 N–H and O–H groups in total. The molecule has 0 aromatic carbocycles. The summed E-state index contributed by atoms with van der Waals surface area (Å²) in [5.74, 6) is 0.505. The maximum atomic E-state index is 9.15. The average Bonchev–Trinajstić information content (AvgIpc) is 2.04. The molecule has 0 spiro atoms. The Balaban J connectivity index is 2.50. The lowest BCUT2D eigenvalue weighted by atomic mass is 9.68. The molecule has 1 saturated carbocycles. The van der Waals surface area contributed by atoms with Gasteiger partial charge in [0.1, 0.15) is 0 Å². The molecule has 1 fully saturated rings. The SMILES string of the molecule is CC1(C)CCC(C(C)(N)CO)CC1. The average molecular weight is 185 g/mol. The first-order valence-electron chi connectivity index (χ1n) is 5.27. The van der Waals surface area contributed by atoms with E-state index in [1.54, 1.807) is 0 Å². The minimum absolute atomic E-state index is 0.109. The van der Waals surface area contributed by atoms with Gasteiger partial charge in [-0.1, -0.05) is 13.8 Å². The molecule has 1 atom stereocenters. The van der Waals surface area contributed by atoms with E-state index in [4.69, 9.17) is 10.8 Å².